The Morgan fingerprint density at radius 1 is 1.12 bits per heavy atom. The molecule has 0 radical (unpaired) electrons. The highest BCUT2D eigenvalue weighted by molar-refractivity contribution is 5.95. The monoisotopic (exact) mass is 477 g/mol. The van der Waals surface area contributed by atoms with Gasteiger partial charge in [-0.1, -0.05) is 13.8 Å². The van der Waals surface area contributed by atoms with Crippen molar-refractivity contribution in [1.82, 2.24) is 15.5 Å². The summed E-state index contributed by atoms with van der Waals surface area (Å²) >= 11 is 0. The molecule has 8 heteroatoms. The van der Waals surface area contributed by atoms with Gasteiger partial charge in [-0.15, -0.1) is 0 Å². The average Bonchev–Trinajstić information content (AvgIpc) is 2.80. The molecule has 0 spiro atoms. The van der Waals surface area contributed by atoms with Crippen LogP contribution in [0.2, 0.25) is 0 Å². The van der Waals surface area contributed by atoms with Gasteiger partial charge in [-0.3, -0.25) is 9.59 Å². The summed E-state index contributed by atoms with van der Waals surface area (Å²) in [6.45, 7) is 11.4. The lowest BCUT2D eigenvalue weighted by atomic mass is 9.93. The Balaban J connectivity index is 2.10. The third-order valence-corrected chi connectivity index (χ3v) is 5.95. The predicted octanol–water partition coefficient (Wildman–Crippen LogP) is 3.10. The molecule has 2 amide bonds. The Morgan fingerprint density at radius 2 is 1.88 bits per heavy atom. The average molecular weight is 478 g/mol. The summed E-state index contributed by atoms with van der Waals surface area (Å²) < 4.78 is 16.4. The quantitative estimate of drug-likeness (QED) is 0.425. The van der Waals surface area contributed by atoms with Gasteiger partial charge in [0.25, 0.3) is 5.91 Å². The smallest absolute Gasteiger partial charge is 0.254 e. The van der Waals surface area contributed by atoms with Crippen LogP contribution < -0.4 is 20.1 Å². The maximum atomic E-state index is 13.6. The molecule has 34 heavy (non-hydrogen) atoms. The minimum Gasteiger partial charge on any atom is -0.493 e. The number of carbonyl (C=O) groups excluding carboxylic acids is 2. The van der Waals surface area contributed by atoms with Gasteiger partial charge in [0.05, 0.1) is 13.7 Å². The number of nitrogens with one attached hydrogen (secondary N) is 2. The lowest BCUT2D eigenvalue weighted by Crippen LogP contribution is -2.55. The standard InChI is InChI=1S/C26H43N3O5/c1-18(2)12-25(30)28-16-20-13-22(17-27-15-20)29(19(3)4)26(31)21-8-9-23(33-6)24(14-21)34-11-7-10-32-5/h8-9,14,18-20,22,27H,7,10-13,15-17H2,1-6H3,(H,28,30)/t20-,22+/m0/s1. The van der Waals surface area contributed by atoms with E-state index in [1.165, 1.54) is 0 Å². The van der Waals surface area contributed by atoms with E-state index in [9.17, 15) is 9.59 Å². The van der Waals surface area contributed by atoms with Crippen molar-refractivity contribution in [3.8, 4) is 11.5 Å². The van der Waals surface area contributed by atoms with E-state index < -0.39 is 0 Å². The second-order valence-corrected chi connectivity index (χ2v) is 9.68. The summed E-state index contributed by atoms with van der Waals surface area (Å²) in [6, 6.07) is 5.41. The van der Waals surface area contributed by atoms with Crippen LogP contribution >= 0.6 is 0 Å². The molecule has 0 aliphatic carbocycles. The zero-order chi connectivity index (χ0) is 25.1. The minimum atomic E-state index is -0.0318. The molecule has 1 heterocycles. The number of hydrogen-bond acceptors (Lipinski definition) is 6. The van der Waals surface area contributed by atoms with Crippen LogP contribution in [0.1, 0.15) is 57.3 Å². The molecular weight excluding hydrogens is 434 g/mol. The van der Waals surface area contributed by atoms with E-state index in [0.717, 1.165) is 25.9 Å². The first-order valence-corrected chi connectivity index (χ1v) is 12.4. The summed E-state index contributed by atoms with van der Waals surface area (Å²) in [6.07, 6.45) is 2.13. The number of rotatable bonds is 13. The summed E-state index contributed by atoms with van der Waals surface area (Å²) in [4.78, 5) is 27.7. The largest absolute Gasteiger partial charge is 0.493 e. The topological polar surface area (TPSA) is 89.1 Å². The summed E-state index contributed by atoms with van der Waals surface area (Å²) in [5.41, 5.74) is 0.573. The SMILES string of the molecule is COCCCOc1cc(C(=O)N(C(C)C)[C@H]2CNC[C@@H](CNC(=O)CC(C)C)C2)ccc1OC. The predicted molar refractivity (Wildman–Crippen MR) is 134 cm³/mol. The molecule has 1 fully saturated rings. The summed E-state index contributed by atoms with van der Waals surface area (Å²) in [7, 11) is 3.25. The molecular formula is C26H43N3O5. The van der Waals surface area contributed by atoms with Crippen LogP contribution in [0.25, 0.3) is 0 Å². The van der Waals surface area contributed by atoms with Crippen LogP contribution in [0.15, 0.2) is 18.2 Å². The first kappa shape index (κ1) is 27.9. The number of methoxy groups -OCH3 is 2. The second kappa shape index (κ2) is 14.2. The normalized spacial score (nSPS) is 18.1. The van der Waals surface area contributed by atoms with Crippen molar-refractivity contribution in [2.75, 3.05) is 47.1 Å². The van der Waals surface area contributed by atoms with E-state index in [4.69, 9.17) is 14.2 Å². The van der Waals surface area contributed by atoms with E-state index in [-0.39, 0.29) is 29.8 Å². The highest BCUT2D eigenvalue weighted by Crippen LogP contribution is 2.30. The van der Waals surface area contributed by atoms with E-state index >= 15 is 0 Å². The molecule has 0 unspecified atom stereocenters. The van der Waals surface area contributed by atoms with Crippen LogP contribution in [-0.2, 0) is 9.53 Å². The Hall–Kier alpha value is -2.32. The van der Waals surface area contributed by atoms with Crippen LogP contribution in [0.5, 0.6) is 11.5 Å². The molecule has 1 aliphatic heterocycles. The van der Waals surface area contributed by atoms with Crippen LogP contribution in [-0.4, -0.2) is 75.9 Å². The molecule has 1 saturated heterocycles. The van der Waals surface area contributed by atoms with Gasteiger partial charge in [-0.25, -0.2) is 0 Å². The van der Waals surface area contributed by atoms with E-state index in [2.05, 4.69) is 10.6 Å². The highest BCUT2D eigenvalue weighted by Gasteiger charge is 2.32. The fourth-order valence-electron chi connectivity index (χ4n) is 4.35. The molecule has 0 aromatic heterocycles. The molecule has 1 aromatic rings. The molecule has 2 atom stereocenters. The highest BCUT2D eigenvalue weighted by atomic mass is 16.5. The fraction of sp³-hybridized carbons (Fsp3) is 0.692. The van der Waals surface area contributed by atoms with Crippen molar-refractivity contribution in [2.24, 2.45) is 11.8 Å². The first-order valence-electron chi connectivity index (χ1n) is 12.4. The van der Waals surface area contributed by atoms with Crippen LogP contribution in [0, 0.1) is 11.8 Å². The zero-order valence-electron chi connectivity index (χ0n) is 21.7. The van der Waals surface area contributed by atoms with Crippen molar-refractivity contribution in [2.45, 2.75) is 59.0 Å². The Kier molecular flexibility index (Phi) is 11.6. The third-order valence-electron chi connectivity index (χ3n) is 5.95. The number of hydrogen-bond donors (Lipinski definition) is 2. The van der Waals surface area contributed by atoms with Gasteiger partial charge >= 0.3 is 0 Å². The van der Waals surface area contributed by atoms with E-state index in [0.29, 0.717) is 49.2 Å². The minimum absolute atomic E-state index is 0.0294. The Morgan fingerprint density at radius 3 is 2.53 bits per heavy atom. The van der Waals surface area contributed by atoms with Crippen molar-refractivity contribution in [3.63, 3.8) is 0 Å². The van der Waals surface area contributed by atoms with Gasteiger partial charge in [0.2, 0.25) is 5.91 Å². The van der Waals surface area contributed by atoms with Gasteiger partial charge in [-0.2, -0.15) is 0 Å². The Bertz CT molecular complexity index is 784. The van der Waals surface area contributed by atoms with Crippen LogP contribution in [0.4, 0.5) is 0 Å². The molecule has 8 nitrogen and oxygen atoms in total. The summed E-state index contributed by atoms with van der Waals surface area (Å²) in [5.74, 6) is 1.83. The van der Waals surface area contributed by atoms with Crippen molar-refractivity contribution < 1.29 is 23.8 Å². The molecule has 0 bridgehead atoms. The van der Waals surface area contributed by atoms with Gasteiger partial charge in [0.1, 0.15) is 0 Å². The molecule has 2 rings (SSSR count). The number of piperidine rings is 1. The lowest BCUT2D eigenvalue weighted by Gasteiger charge is -2.40. The van der Waals surface area contributed by atoms with E-state index in [1.54, 1.807) is 32.4 Å². The number of amides is 2. The molecule has 0 saturated carbocycles. The molecule has 192 valence electrons. The van der Waals surface area contributed by atoms with Crippen molar-refractivity contribution in [1.29, 1.82) is 0 Å². The maximum Gasteiger partial charge on any atom is 0.254 e. The van der Waals surface area contributed by atoms with Crippen LogP contribution in [0.3, 0.4) is 0 Å². The maximum absolute atomic E-state index is 13.6. The first-order chi connectivity index (χ1) is 16.3. The zero-order valence-corrected chi connectivity index (χ0v) is 21.7. The lowest BCUT2D eigenvalue weighted by molar-refractivity contribution is -0.122. The number of nitrogens with zero attached hydrogens (tertiary/aromatic N) is 1. The second-order valence-electron chi connectivity index (χ2n) is 9.68. The number of ether oxygens (including phenoxy) is 3. The van der Waals surface area contributed by atoms with Gasteiger partial charge < -0.3 is 29.7 Å². The molecule has 2 N–H and O–H groups in total. The molecule has 1 aliphatic rings. The number of benzene rings is 1. The van der Waals surface area contributed by atoms with Crippen molar-refractivity contribution in [3.05, 3.63) is 23.8 Å². The molecule has 1 aromatic carbocycles. The fourth-order valence-corrected chi connectivity index (χ4v) is 4.35. The van der Waals surface area contributed by atoms with Gasteiger partial charge in [0.15, 0.2) is 11.5 Å². The Labute approximate surface area is 204 Å². The van der Waals surface area contributed by atoms with Crippen molar-refractivity contribution >= 4 is 11.8 Å². The van der Waals surface area contributed by atoms with Gasteiger partial charge in [-0.05, 0) is 56.8 Å². The van der Waals surface area contributed by atoms with Gasteiger partial charge in [0, 0.05) is 57.3 Å². The third kappa shape index (κ3) is 8.47. The van der Waals surface area contributed by atoms with E-state index in [1.807, 2.05) is 32.6 Å². The number of carbonyl (C=O) groups is 2. The summed E-state index contributed by atoms with van der Waals surface area (Å²) in [5, 5.41) is 6.52.